The van der Waals surface area contributed by atoms with Gasteiger partial charge in [0.05, 0.1) is 23.7 Å². The van der Waals surface area contributed by atoms with Crippen molar-refractivity contribution in [1.29, 1.82) is 5.26 Å². The van der Waals surface area contributed by atoms with E-state index in [1.165, 1.54) is 24.3 Å². The summed E-state index contributed by atoms with van der Waals surface area (Å²) in [5, 5.41) is 21.7. The van der Waals surface area contributed by atoms with Gasteiger partial charge in [-0.25, -0.2) is 4.79 Å². The fourth-order valence-electron chi connectivity index (χ4n) is 2.79. The van der Waals surface area contributed by atoms with Gasteiger partial charge in [0.2, 0.25) is 0 Å². The molecule has 0 fully saturated rings. The molecule has 0 aromatic heterocycles. The Balaban J connectivity index is 1.75. The fraction of sp³-hybridized carbons (Fsp3) is 0.0417. The van der Waals surface area contributed by atoms with Gasteiger partial charge in [-0.15, -0.1) is 0 Å². The van der Waals surface area contributed by atoms with Crippen molar-refractivity contribution in [3.8, 4) is 11.8 Å². The second-order valence-corrected chi connectivity index (χ2v) is 9.69. The van der Waals surface area contributed by atoms with Crippen LogP contribution in [0.3, 0.4) is 0 Å². The highest BCUT2D eigenvalue weighted by Gasteiger charge is 2.13. The van der Waals surface area contributed by atoms with Gasteiger partial charge < -0.3 is 15.2 Å². The molecule has 1 amide bonds. The molecule has 0 atom stereocenters. The number of halogens is 4. The van der Waals surface area contributed by atoms with Crippen molar-refractivity contribution in [2.75, 3.05) is 5.32 Å². The summed E-state index contributed by atoms with van der Waals surface area (Å²) >= 11 is 17.4. The van der Waals surface area contributed by atoms with E-state index in [2.05, 4.69) is 43.8 Å². The molecule has 0 unspecified atom stereocenters. The van der Waals surface area contributed by atoms with Crippen LogP contribution in [-0.2, 0) is 11.4 Å². The molecule has 0 heterocycles. The summed E-state index contributed by atoms with van der Waals surface area (Å²) in [5.74, 6) is -0.994. The number of amides is 1. The lowest BCUT2D eigenvalue weighted by Gasteiger charge is -2.12. The molecule has 3 aromatic carbocycles. The normalized spacial score (nSPS) is 11.0. The van der Waals surface area contributed by atoms with Gasteiger partial charge >= 0.3 is 5.97 Å². The zero-order chi connectivity index (χ0) is 24.8. The molecule has 0 spiro atoms. The van der Waals surface area contributed by atoms with Crippen LogP contribution in [0.25, 0.3) is 6.08 Å². The lowest BCUT2D eigenvalue weighted by atomic mass is 10.1. The molecule has 0 aliphatic rings. The molecular formula is C24H14BrCl2IN2O4. The zero-order valence-corrected chi connectivity index (χ0v) is 22.4. The highest BCUT2D eigenvalue weighted by atomic mass is 127. The second-order valence-electron chi connectivity index (χ2n) is 6.86. The van der Waals surface area contributed by atoms with Crippen molar-refractivity contribution >= 4 is 85.4 Å². The number of carbonyl (C=O) groups is 2. The Morgan fingerprint density at radius 1 is 1.12 bits per heavy atom. The quantitative estimate of drug-likeness (QED) is 0.158. The molecular weight excluding hydrogens is 658 g/mol. The Morgan fingerprint density at radius 2 is 1.82 bits per heavy atom. The average molecular weight is 672 g/mol. The Bertz CT molecular complexity index is 1310. The first kappa shape index (κ1) is 26.0. The minimum atomic E-state index is -0.990. The summed E-state index contributed by atoms with van der Waals surface area (Å²) in [6.07, 6.45) is 1.47. The maximum Gasteiger partial charge on any atom is 0.335 e. The van der Waals surface area contributed by atoms with E-state index < -0.39 is 11.9 Å². The summed E-state index contributed by atoms with van der Waals surface area (Å²) < 4.78 is 7.28. The summed E-state index contributed by atoms with van der Waals surface area (Å²) in [4.78, 5) is 23.5. The molecule has 172 valence electrons. The van der Waals surface area contributed by atoms with Crippen LogP contribution in [0.5, 0.6) is 5.75 Å². The third kappa shape index (κ3) is 6.73. The predicted octanol–water partition coefficient (Wildman–Crippen LogP) is 7.18. The Hall–Kier alpha value is -2.58. The summed E-state index contributed by atoms with van der Waals surface area (Å²) in [6.45, 7) is 0.235. The summed E-state index contributed by atoms with van der Waals surface area (Å²) in [5.41, 5.74) is 1.95. The molecule has 0 saturated carbocycles. The number of hydrogen-bond acceptors (Lipinski definition) is 4. The minimum Gasteiger partial charge on any atom is -0.487 e. The number of carboxylic acids is 1. The van der Waals surface area contributed by atoms with E-state index in [1.54, 1.807) is 36.4 Å². The van der Waals surface area contributed by atoms with Gasteiger partial charge in [-0.2, -0.15) is 5.26 Å². The number of carbonyl (C=O) groups excluding carboxylic acids is 1. The third-order valence-electron chi connectivity index (χ3n) is 4.46. The van der Waals surface area contributed by atoms with E-state index in [-0.39, 0.29) is 22.8 Å². The van der Waals surface area contributed by atoms with Crippen LogP contribution in [0, 0.1) is 14.9 Å². The maximum absolute atomic E-state index is 12.6. The van der Waals surface area contributed by atoms with Crippen LogP contribution in [0.1, 0.15) is 21.5 Å². The lowest BCUT2D eigenvalue weighted by Crippen LogP contribution is -2.13. The molecule has 10 heteroatoms. The van der Waals surface area contributed by atoms with Crippen LogP contribution in [0.2, 0.25) is 10.0 Å². The number of carboxylic acid groups (broad SMARTS) is 1. The maximum atomic E-state index is 12.6. The van der Waals surface area contributed by atoms with E-state index in [0.29, 0.717) is 26.5 Å². The largest absolute Gasteiger partial charge is 0.487 e. The fourth-order valence-corrected chi connectivity index (χ4v) is 4.85. The first-order chi connectivity index (χ1) is 16.2. The third-order valence-corrected chi connectivity index (χ3v) is 6.59. The number of aromatic carboxylic acids is 1. The van der Waals surface area contributed by atoms with E-state index in [9.17, 15) is 14.9 Å². The Labute approximate surface area is 227 Å². The second kappa shape index (κ2) is 11.7. The molecule has 34 heavy (non-hydrogen) atoms. The highest BCUT2D eigenvalue weighted by molar-refractivity contribution is 14.1. The molecule has 0 radical (unpaired) electrons. The lowest BCUT2D eigenvalue weighted by molar-refractivity contribution is -0.112. The number of benzene rings is 3. The molecule has 0 aliphatic carbocycles. The minimum absolute atomic E-state index is 0.0963. The smallest absolute Gasteiger partial charge is 0.335 e. The van der Waals surface area contributed by atoms with Crippen molar-refractivity contribution in [2.24, 2.45) is 0 Å². The van der Waals surface area contributed by atoms with Gasteiger partial charge in [-0.05, 0) is 98.2 Å². The van der Waals surface area contributed by atoms with Crippen molar-refractivity contribution in [3.63, 3.8) is 0 Å². The summed E-state index contributed by atoms with van der Waals surface area (Å²) in [7, 11) is 0. The van der Waals surface area contributed by atoms with Gasteiger partial charge in [0, 0.05) is 5.69 Å². The molecule has 3 rings (SSSR count). The molecule has 0 saturated heterocycles. The highest BCUT2D eigenvalue weighted by Crippen LogP contribution is 2.33. The number of nitriles is 1. The van der Waals surface area contributed by atoms with Crippen molar-refractivity contribution < 1.29 is 19.4 Å². The topological polar surface area (TPSA) is 99.4 Å². The van der Waals surface area contributed by atoms with Crippen LogP contribution >= 0.6 is 61.7 Å². The molecule has 6 nitrogen and oxygen atoms in total. The summed E-state index contributed by atoms with van der Waals surface area (Å²) in [6, 6.07) is 16.5. The number of hydrogen-bond donors (Lipinski definition) is 2. The molecule has 3 aromatic rings. The van der Waals surface area contributed by atoms with E-state index in [4.69, 9.17) is 33.0 Å². The number of nitrogens with zero attached hydrogens (tertiary/aromatic N) is 1. The van der Waals surface area contributed by atoms with Gasteiger partial charge in [-0.1, -0.05) is 35.3 Å². The van der Waals surface area contributed by atoms with Crippen molar-refractivity contribution in [3.05, 3.63) is 94.9 Å². The van der Waals surface area contributed by atoms with Gasteiger partial charge in [-0.3, -0.25) is 4.79 Å². The predicted molar refractivity (Wildman–Crippen MR) is 143 cm³/mol. The van der Waals surface area contributed by atoms with E-state index in [1.807, 2.05) is 6.07 Å². The van der Waals surface area contributed by atoms with E-state index in [0.717, 1.165) is 9.13 Å². The van der Waals surface area contributed by atoms with Crippen LogP contribution in [0.4, 0.5) is 5.69 Å². The van der Waals surface area contributed by atoms with Crippen molar-refractivity contribution in [2.45, 2.75) is 6.61 Å². The van der Waals surface area contributed by atoms with E-state index >= 15 is 0 Å². The van der Waals surface area contributed by atoms with Crippen LogP contribution < -0.4 is 10.1 Å². The van der Waals surface area contributed by atoms with Gasteiger partial charge in [0.15, 0.2) is 0 Å². The average Bonchev–Trinajstić information content (AvgIpc) is 2.79. The number of rotatable bonds is 7. The number of anilines is 1. The molecule has 0 bridgehead atoms. The number of nitrogens with one attached hydrogen (secondary N) is 1. The number of ether oxygens (including phenoxy) is 1. The zero-order valence-electron chi connectivity index (χ0n) is 17.1. The SMILES string of the molecule is N#C/C(=C\c1cc(Br)c(OCc2ccc(C(=O)O)cc2)c(I)c1)C(=O)Nc1ccc(Cl)c(Cl)c1. The van der Waals surface area contributed by atoms with Crippen LogP contribution in [-0.4, -0.2) is 17.0 Å². The van der Waals surface area contributed by atoms with Gasteiger partial charge in [0.25, 0.3) is 5.91 Å². The standard InChI is InChI=1S/C24H14BrCl2IN2O4/c25-18-8-14(7-16(11-29)23(31)30-17-5-6-19(26)20(27)10-17)9-21(28)22(18)34-12-13-1-3-15(4-2-13)24(32)33/h1-10H,12H2,(H,30,31)(H,32,33)/b16-7+. The monoisotopic (exact) mass is 670 g/mol. The first-order valence-electron chi connectivity index (χ1n) is 9.50. The van der Waals surface area contributed by atoms with Gasteiger partial charge in [0.1, 0.15) is 24.0 Å². The first-order valence-corrected chi connectivity index (χ1v) is 12.1. The Morgan fingerprint density at radius 3 is 2.41 bits per heavy atom. The molecule has 0 aliphatic heterocycles. The molecule has 2 N–H and O–H groups in total. The Kier molecular flexibility index (Phi) is 8.97. The van der Waals surface area contributed by atoms with Crippen LogP contribution in [0.15, 0.2) is 64.6 Å². The van der Waals surface area contributed by atoms with Crippen molar-refractivity contribution in [1.82, 2.24) is 0 Å².